The molecule has 0 saturated carbocycles. The van der Waals surface area contributed by atoms with Gasteiger partial charge in [-0.05, 0) is 49.8 Å². The topological polar surface area (TPSA) is 106 Å². The summed E-state index contributed by atoms with van der Waals surface area (Å²) >= 11 is 0. The fourth-order valence-electron chi connectivity index (χ4n) is 2.90. The third-order valence-corrected chi connectivity index (χ3v) is 4.29. The van der Waals surface area contributed by atoms with Crippen LogP contribution in [0.1, 0.15) is 25.2 Å². The summed E-state index contributed by atoms with van der Waals surface area (Å²) in [6.07, 6.45) is 1.70. The molecule has 0 fully saturated rings. The number of hydrogen-bond acceptors (Lipinski definition) is 7. The van der Waals surface area contributed by atoms with Gasteiger partial charge in [0.1, 0.15) is 17.6 Å². The standard InChI is InChI=1S/C23H23N3O5/c1-4-29-21-11-15(6-9-20(21)31-14-22(27)30-5-2)10-16(13-24)23-25-18-8-7-17(28-3)12-19(18)26-23/h6-12H,4-5,14H2,1-3H3,(H,25,26)/b16-10-. The monoisotopic (exact) mass is 421 g/mol. The number of hydrogen-bond donors (Lipinski definition) is 1. The third kappa shape index (κ3) is 5.34. The molecule has 0 aliphatic heterocycles. The van der Waals surface area contributed by atoms with E-state index in [1.807, 2.05) is 25.1 Å². The lowest BCUT2D eigenvalue weighted by Crippen LogP contribution is -2.15. The highest BCUT2D eigenvalue weighted by molar-refractivity contribution is 5.90. The van der Waals surface area contributed by atoms with Gasteiger partial charge in [-0.3, -0.25) is 0 Å². The number of benzene rings is 2. The van der Waals surface area contributed by atoms with Gasteiger partial charge in [0, 0.05) is 6.07 Å². The summed E-state index contributed by atoms with van der Waals surface area (Å²) < 4.78 is 21.3. The summed E-state index contributed by atoms with van der Waals surface area (Å²) in [6, 6.07) is 12.8. The number of H-pyrrole nitrogens is 1. The van der Waals surface area contributed by atoms with Crippen LogP contribution >= 0.6 is 0 Å². The minimum absolute atomic E-state index is 0.213. The lowest BCUT2D eigenvalue weighted by Gasteiger charge is -2.12. The van der Waals surface area contributed by atoms with Gasteiger partial charge >= 0.3 is 5.97 Å². The Morgan fingerprint density at radius 1 is 1.13 bits per heavy atom. The smallest absolute Gasteiger partial charge is 0.344 e. The molecule has 3 aromatic rings. The second-order valence-corrected chi connectivity index (χ2v) is 6.37. The highest BCUT2D eigenvalue weighted by atomic mass is 16.6. The van der Waals surface area contributed by atoms with Crippen LogP contribution < -0.4 is 14.2 Å². The van der Waals surface area contributed by atoms with Gasteiger partial charge in [-0.1, -0.05) is 6.07 Å². The molecule has 0 spiro atoms. The Kier molecular flexibility index (Phi) is 7.12. The molecule has 0 saturated heterocycles. The van der Waals surface area contributed by atoms with Crippen LogP contribution in [0.15, 0.2) is 36.4 Å². The van der Waals surface area contributed by atoms with E-state index >= 15 is 0 Å². The van der Waals surface area contributed by atoms with Crippen LogP contribution in [-0.2, 0) is 9.53 Å². The number of fused-ring (bicyclic) bond motifs is 1. The van der Waals surface area contributed by atoms with E-state index in [0.717, 1.165) is 16.6 Å². The average Bonchev–Trinajstić information content (AvgIpc) is 3.20. The van der Waals surface area contributed by atoms with Gasteiger partial charge in [0.25, 0.3) is 0 Å². The predicted molar refractivity (Wildman–Crippen MR) is 116 cm³/mol. The van der Waals surface area contributed by atoms with Crippen molar-refractivity contribution in [2.24, 2.45) is 0 Å². The third-order valence-electron chi connectivity index (χ3n) is 4.29. The first-order valence-electron chi connectivity index (χ1n) is 9.79. The molecule has 160 valence electrons. The quantitative estimate of drug-likeness (QED) is 0.411. The van der Waals surface area contributed by atoms with Gasteiger partial charge in [0.05, 0.1) is 36.9 Å². The SMILES string of the molecule is CCOC(=O)COc1ccc(/C=C(/C#N)c2nc3ccc(OC)cc3[nH]2)cc1OCC. The maximum absolute atomic E-state index is 11.6. The number of ether oxygens (including phenoxy) is 4. The van der Waals surface area contributed by atoms with Gasteiger partial charge in [-0.2, -0.15) is 5.26 Å². The van der Waals surface area contributed by atoms with E-state index in [0.29, 0.717) is 35.3 Å². The molecule has 0 atom stereocenters. The van der Waals surface area contributed by atoms with Crippen molar-refractivity contribution in [3.05, 3.63) is 47.8 Å². The normalized spacial score (nSPS) is 11.1. The van der Waals surface area contributed by atoms with Crippen LogP contribution in [0.3, 0.4) is 0 Å². The van der Waals surface area contributed by atoms with Crippen LogP contribution in [0.25, 0.3) is 22.7 Å². The number of methoxy groups -OCH3 is 1. The lowest BCUT2D eigenvalue weighted by atomic mass is 10.1. The Hall–Kier alpha value is -3.99. The van der Waals surface area contributed by atoms with Crippen LogP contribution in [-0.4, -0.2) is 42.9 Å². The zero-order chi connectivity index (χ0) is 22.2. The number of aromatic nitrogens is 2. The number of carbonyl (C=O) groups is 1. The number of nitriles is 1. The van der Waals surface area contributed by atoms with Gasteiger partial charge < -0.3 is 23.9 Å². The number of nitrogens with one attached hydrogen (secondary N) is 1. The van der Waals surface area contributed by atoms with E-state index in [9.17, 15) is 10.1 Å². The number of allylic oxidation sites excluding steroid dienone is 1. The average molecular weight is 421 g/mol. The Morgan fingerprint density at radius 2 is 1.97 bits per heavy atom. The minimum Gasteiger partial charge on any atom is -0.497 e. The Bertz CT molecular complexity index is 1140. The predicted octanol–water partition coefficient (Wildman–Crippen LogP) is 3.98. The van der Waals surface area contributed by atoms with Crippen LogP contribution in [0.2, 0.25) is 0 Å². The molecule has 1 heterocycles. The van der Waals surface area contributed by atoms with E-state index in [1.54, 1.807) is 38.3 Å². The second-order valence-electron chi connectivity index (χ2n) is 6.37. The van der Waals surface area contributed by atoms with Crippen molar-refractivity contribution < 1.29 is 23.7 Å². The van der Waals surface area contributed by atoms with Gasteiger partial charge in [-0.25, -0.2) is 9.78 Å². The van der Waals surface area contributed by atoms with E-state index in [4.69, 9.17) is 18.9 Å². The first kappa shape index (κ1) is 21.7. The van der Waals surface area contributed by atoms with Crippen LogP contribution in [0.4, 0.5) is 0 Å². The molecule has 0 amide bonds. The van der Waals surface area contributed by atoms with E-state index in [2.05, 4.69) is 16.0 Å². The summed E-state index contributed by atoms with van der Waals surface area (Å²) in [5.74, 6) is 1.58. The molecule has 0 aliphatic rings. The fourth-order valence-corrected chi connectivity index (χ4v) is 2.90. The first-order valence-corrected chi connectivity index (χ1v) is 9.79. The summed E-state index contributed by atoms with van der Waals surface area (Å²) in [5, 5.41) is 9.68. The van der Waals surface area contributed by atoms with Crippen molar-refractivity contribution in [2.45, 2.75) is 13.8 Å². The van der Waals surface area contributed by atoms with Crippen molar-refractivity contribution in [3.8, 4) is 23.3 Å². The van der Waals surface area contributed by atoms with Crippen molar-refractivity contribution in [1.29, 1.82) is 5.26 Å². The fraction of sp³-hybridized carbons (Fsp3) is 0.261. The number of nitrogens with zero attached hydrogens (tertiary/aromatic N) is 2. The van der Waals surface area contributed by atoms with Crippen molar-refractivity contribution in [3.63, 3.8) is 0 Å². The summed E-state index contributed by atoms with van der Waals surface area (Å²) in [7, 11) is 1.59. The second kappa shape index (κ2) is 10.2. The molecule has 1 N–H and O–H groups in total. The maximum Gasteiger partial charge on any atom is 0.344 e. The number of imidazole rings is 1. The van der Waals surface area contributed by atoms with Crippen LogP contribution in [0, 0.1) is 11.3 Å². The Morgan fingerprint density at radius 3 is 2.68 bits per heavy atom. The van der Waals surface area contributed by atoms with Crippen molar-refractivity contribution >= 4 is 28.7 Å². The number of carbonyl (C=O) groups excluding carboxylic acids is 1. The molecule has 2 aromatic carbocycles. The molecule has 8 nitrogen and oxygen atoms in total. The summed E-state index contributed by atoms with van der Waals surface area (Å²) in [4.78, 5) is 19.2. The Labute approximate surface area is 180 Å². The number of rotatable bonds is 9. The molecular formula is C23H23N3O5. The molecular weight excluding hydrogens is 398 g/mol. The molecule has 0 radical (unpaired) electrons. The summed E-state index contributed by atoms with van der Waals surface area (Å²) in [5.41, 5.74) is 2.59. The van der Waals surface area contributed by atoms with E-state index < -0.39 is 5.97 Å². The number of aromatic amines is 1. The van der Waals surface area contributed by atoms with Crippen molar-refractivity contribution in [1.82, 2.24) is 9.97 Å². The molecule has 31 heavy (non-hydrogen) atoms. The van der Waals surface area contributed by atoms with Gasteiger partial charge in [0.15, 0.2) is 18.1 Å². The molecule has 1 aromatic heterocycles. The minimum atomic E-state index is -0.456. The molecule has 3 rings (SSSR count). The molecule has 0 unspecified atom stereocenters. The lowest BCUT2D eigenvalue weighted by molar-refractivity contribution is -0.145. The maximum atomic E-state index is 11.6. The van der Waals surface area contributed by atoms with Gasteiger partial charge in [0.2, 0.25) is 0 Å². The zero-order valence-corrected chi connectivity index (χ0v) is 17.6. The van der Waals surface area contributed by atoms with Crippen molar-refractivity contribution in [2.75, 3.05) is 26.9 Å². The first-order chi connectivity index (χ1) is 15.1. The highest BCUT2D eigenvalue weighted by Crippen LogP contribution is 2.30. The molecule has 8 heteroatoms. The molecule has 0 aliphatic carbocycles. The zero-order valence-electron chi connectivity index (χ0n) is 17.6. The summed E-state index contributed by atoms with van der Waals surface area (Å²) in [6.45, 7) is 4.07. The van der Waals surface area contributed by atoms with Gasteiger partial charge in [-0.15, -0.1) is 0 Å². The van der Waals surface area contributed by atoms with Crippen LogP contribution in [0.5, 0.6) is 17.2 Å². The van der Waals surface area contributed by atoms with E-state index in [1.165, 1.54) is 0 Å². The highest BCUT2D eigenvalue weighted by Gasteiger charge is 2.12. The number of esters is 1. The largest absolute Gasteiger partial charge is 0.497 e. The van der Waals surface area contributed by atoms with E-state index in [-0.39, 0.29) is 13.2 Å². The molecule has 0 bridgehead atoms. The Balaban J connectivity index is 1.88.